The molecule has 170 valence electrons. The zero-order chi connectivity index (χ0) is 23.5. The number of carbonyl (C=O) groups excluding carboxylic acids is 2. The number of hydrogen-bond donors (Lipinski definition) is 0. The summed E-state index contributed by atoms with van der Waals surface area (Å²) in [6.45, 7) is 9.76. The van der Waals surface area contributed by atoms with Gasteiger partial charge in [-0.05, 0) is 57.0 Å². The molecule has 0 saturated carbocycles. The van der Waals surface area contributed by atoms with Crippen LogP contribution in [0.15, 0.2) is 30.5 Å². The standard InChI is InChI=1S/C24H28N2O5S/c1-6-31-21-10-19(15(2)12-25-21)26-18-8-7-16(9-17(18)23(3,4)22(26)28)20(27)11-24(5)13-32(29,30)14-24/h7-10,12H,6,11,13-14H2,1-5H3. The molecule has 0 N–H and O–H groups in total. The molecule has 0 atom stereocenters. The van der Waals surface area contributed by atoms with Gasteiger partial charge in [-0.25, -0.2) is 13.4 Å². The molecule has 32 heavy (non-hydrogen) atoms. The van der Waals surface area contributed by atoms with E-state index in [2.05, 4.69) is 4.98 Å². The molecular weight excluding hydrogens is 428 g/mol. The van der Waals surface area contributed by atoms with Gasteiger partial charge < -0.3 is 4.74 Å². The minimum absolute atomic E-state index is 0.0396. The first-order valence-electron chi connectivity index (χ1n) is 10.7. The molecule has 3 heterocycles. The third-order valence-corrected chi connectivity index (χ3v) is 8.55. The van der Waals surface area contributed by atoms with Gasteiger partial charge in [0.15, 0.2) is 15.6 Å². The highest BCUT2D eigenvalue weighted by atomic mass is 32.2. The molecule has 0 unspecified atom stereocenters. The van der Waals surface area contributed by atoms with Gasteiger partial charge in [0.2, 0.25) is 11.8 Å². The Morgan fingerprint density at radius 3 is 2.47 bits per heavy atom. The van der Waals surface area contributed by atoms with E-state index in [1.165, 1.54) is 0 Å². The highest BCUT2D eigenvalue weighted by Crippen LogP contribution is 2.47. The molecule has 1 saturated heterocycles. The number of rotatable bonds is 6. The number of aromatic nitrogens is 1. The number of pyridine rings is 1. The minimum Gasteiger partial charge on any atom is -0.478 e. The number of sulfone groups is 1. The third kappa shape index (κ3) is 3.70. The average Bonchev–Trinajstić information content (AvgIpc) is 2.87. The van der Waals surface area contributed by atoms with Crippen LogP contribution in [0.5, 0.6) is 5.88 Å². The van der Waals surface area contributed by atoms with Gasteiger partial charge >= 0.3 is 0 Å². The first-order valence-corrected chi connectivity index (χ1v) is 12.5. The molecule has 8 heteroatoms. The SMILES string of the molecule is CCOc1cc(N2C(=O)C(C)(C)c3cc(C(=O)CC4(C)CS(=O)(=O)C4)ccc32)c(C)cn1. The van der Waals surface area contributed by atoms with Crippen LogP contribution < -0.4 is 9.64 Å². The Bertz CT molecular complexity index is 1220. The summed E-state index contributed by atoms with van der Waals surface area (Å²) in [5.74, 6) is 0.328. The van der Waals surface area contributed by atoms with Gasteiger partial charge in [0.05, 0.1) is 34.9 Å². The highest BCUT2D eigenvalue weighted by Gasteiger charge is 2.47. The fraction of sp³-hybridized carbons (Fsp3) is 0.458. The number of aryl methyl sites for hydroxylation is 1. The molecule has 2 aliphatic heterocycles. The number of fused-ring (bicyclic) bond motifs is 1. The summed E-state index contributed by atoms with van der Waals surface area (Å²) in [5, 5.41) is 0. The van der Waals surface area contributed by atoms with Crippen molar-refractivity contribution in [1.29, 1.82) is 0 Å². The number of benzene rings is 1. The van der Waals surface area contributed by atoms with Crippen LogP contribution in [0.4, 0.5) is 11.4 Å². The second-order valence-corrected chi connectivity index (χ2v) is 11.7. The van der Waals surface area contributed by atoms with E-state index in [9.17, 15) is 18.0 Å². The van der Waals surface area contributed by atoms with Crippen LogP contribution in [0.2, 0.25) is 0 Å². The fourth-order valence-electron chi connectivity index (χ4n) is 4.72. The van der Waals surface area contributed by atoms with Crippen LogP contribution in [0, 0.1) is 12.3 Å². The molecule has 4 rings (SSSR count). The van der Waals surface area contributed by atoms with Crippen LogP contribution in [0.25, 0.3) is 0 Å². The number of Topliss-reactive ketones (excluding diaryl/α,β-unsaturated/α-hetero) is 1. The van der Waals surface area contributed by atoms with Gasteiger partial charge in [0.25, 0.3) is 0 Å². The molecule has 0 spiro atoms. The summed E-state index contributed by atoms with van der Waals surface area (Å²) in [6, 6.07) is 7.07. The van der Waals surface area contributed by atoms with Gasteiger partial charge in [-0.3, -0.25) is 14.5 Å². The Hall–Kier alpha value is -2.74. The summed E-state index contributed by atoms with van der Waals surface area (Å²) >= 11 is 0. The van der Waals surface area contributed by atoms with E-state index in [4.69, 9.17) is 4.74 Å². The molecular formula is C24H28N2O5S. The Morgan fingerprint density at radius 1 is 1.16 bits per heavy atom. The van der Waals surface area contributed by atoms with Crippen LogP contribution in [-0.4, -0.2) is 43.2 Å². The van der Waals surface area contributed by atoms with Crippen molar-refractivity contribution in [3.63, 3.8) is 0 Å². The zero-order valence-electron chi connectivity index (χ0n) is 19.1. The molecule has 2 aromatic rings. The topological polar surface area (TPSA) is 93.6 Å². The maximum absolute atomic E-state index is 13.5. The van der Waals surface area contributed by atoms with Crippen molar-refractivity contribution in [2.75, 3.05) is 23.0 Å². The largest absolute Gasteiger partial charge is 0.478 e. The molecule has 2 aliphatic rings. The number of hydrogen-bond acceptors (Lipinski definition) is 6. The molecule has 1 aromatic carbocycles. The zero-order valence-corrected chi connectivity index (χ0v) is 19.9. The summed E-state index contributed by atoms with van der Waals surface area (Å²) < 4.78 is 28.7. The first kappa shape index (κ1) is 22.5. The quantitative estimate of drug-likeness (QED) is 0.615. The number of anilines is 2. The van der Waals surface area contributed by atoms with E-state index in [-0.39, 0.29) is 29.6 Å². The van der Waals surface area contributed by atoms with Gasteiger partial charge in [0, 0.05) is 29.7 Å². The fourth-order valence-corrected chi connectivity index (χ4v) is 6.97. The van der Waals surface area contributed by atoms with E-state index in [0.717, 1.165) is 16.8 Å². The van der Waals surface area contributed by atoms with Crippen molar-refractivity contribution in [1.82, 2.24) is 4.98 Å². The van der Waals surface area contributed by atoms with Gasteiger partial charge in [-0.1, -0.05) is 6.92 Å². The van der Waals surface area contributed by atoms with E-state index >= 15 is 0 Å². The number of carbonyl (C=O) groups is 2. The van der Waals surface area contributed by atoms with E-state index in [1.807, 2.05) is 34.6 Å². The second-order valence-electron chi connectivity index (χ2n) is 9.68. The Labute approximate surface area is 188 Å². The summed E-state index contributed by atoms with van der Waals surface area (Å²) in [5.41, 5.74) is 2.20. The maximum Gasteiger partial charge on any atom is 0.241 e. The molecule has 0 bridgehead atoms. The number of amides is 1. The van der Waals surface area contributed by atoms with Crippen molar-refractivity contribution in [2.24, 2.45) is 5.41 Å². The lowest BCUT2D eigenvalue weighted by atomic mass is 9.83. The monoisotopic (exact) mass is 456 g/mol. The van der Waals surface area contributed by atoms with E-state index < -0.39 is 20.7 Å². The molecule has 0 radical (unpaired) electrons. The first-order chi connectivity index (χ1) is 14.9. The van der Waals surface area contributed by atoms with E-state index in [1.54, 1.807) is 35.4 Å². The molecule has 1 aromatic heterocycles. The predicted molar refractivity (Wildman–Crippen MR) is 122 cm³/mol. The van der Waals surface area contributed by atoms with Gasteiger partial charge in [-0.2, -0.15) is 0 Å². The third-order valence-electron chi connectivity index (χ3n) is 6.28. The summed E-state index contributed by atoms with van der Waals surface area (Å²) in [7, 11) is -3.02. The highest BCUT2D eigenvalue weighted by molar-refractivity contribution is 7.92. The normalized spacial score (nSPS) is 19.9. The maximum atomic E-state index is 13.5. The second kappa shape index (κ2) is 7.40. The summed E-state index contributed by atoms with van der Waals surface area (Å²) in [6.07, 6.45) is 1.86. The summed E-state index contributed by atoms with van der Waals surface area (Å²) in [4.78, 5) is 32.4. The van der Waals surface area contributed by atoms with Crippen LogP contribution in [0.3, 0.4) is 0 Å². The Balaban J connectivity index is 1.70. The van der Waals surface area contributed by atoms with Crippen LogP contribution in [0.1, 0.15) is 55.6 Å². The van der Waals surface area contributed by atoms with Crippen molar-refractivity contribution >= 4 is 32.9 Å². The minimum atomic E-state index is -3.02. The Morgan fingerprint density at radius 2 is 1.84 bits per heavy atom. The molecule has 1 fully saturated rings. The smallest absolute Gasteiger partial charge is 0.241 e. The van der Waals surface area contributed by atoms with Crippen molar-refractivity contribution in [2.45, 2.75) is 46.5 Å². The molecule has 0 aliphatic carbocycles. The molecule has 1 amide bonds. The van der Waals surface area contributed by atoms with Crippen LogP contribution in [-0.2, 0) is 20.0 Å². The van der Waals surface area contributed by atoms with E-state index in [0.29, 0.717) is 23.7 Å². The average molecular weight is 457 g/mol. The number of ketones is 1. The predicted octanol–water partition coefficient (Wildman–Crippen LogP) is 3.75. The van der Waals surface area contributed by atoms with Crippen molar-refractivity contribution in [3.05, 3.63) is 47.2 Å². The lowest BCUT2D eigenvalue weighted by Gasteiger charge is -2.37. The lowest BCUT2D eigenvalue weighted by Crippen LogP contribution is -2.47. The van der Waals surface area contributed by atoms with Crippen molar-refractivity contribution < 1.29 is 22.7 Å². The van der Waals surface area contributed by atoms with Crippen molar-refractivity contribution in [3.8, 4) is 5.88 Å². The Kier molecular flexibility index (Phi) is 5.19. The number of nitrogens with zero attached hydrogens (tertiary/aromatic N) is 2. The van der Waals surface area contributed by atoms with Crippen LogP contribution >= 0.6 is 0 Å². The van der Waals surface area contributed by atoms with Gasteiger partial charge in [0.1, 0.15) is 0 Å². The number of ether oxygens (including phenoxy) is 1. The van der Waals surface area contributed by atoms with Gasteiger partial charge in [-0.15, -0.1) is 0 Å². The lowest BCUT2D eigenvalue weighted by molar-refractivity contribution is -0.121. The molecule has 7 nitrogen and oxygen atoms in total.